The zero-order valence-corrected chi connectivity index (χ0v) is 20.3. The number of carbonyl (C=O) groups excluding carboxylic acids is 2. The molecule has 0 spiro atoms. The fourth-order valence-corrected chi connectivity index (χ4v) is 5.58. The first-order valence-electron chi connectivity index (χ1n) is 11.0. The van der Waals surface area contributed by atoms with Gasteiger partial charge in [-0.05, 0) is 69.9 Å². The molecule has 0 aliphatic carbocycles. The minimum Gasteiger partial charge on any atom is -0.444 e. The van der Waals surface area contributed by atoms with E-state index in [0.29, 0.717) is 11.4 Å². The summed E-state index contributed by atoms with van der Waals surface area (Å²) in [4.78, 5) is 28.0. The normalized spacial score (nSPS) is 24.0. The summed E-state index contributed by atoms with van der Waals surface area (Å²) in [5.74, 6) is -0.118. The van der Waals surface area contributed by atoms with Gasteiger partial charge in [0.1, 0.15) is 11.6 Å². The highest BCUT2D eigenvalue weighted by molar-refractivity contribution is 6.31. The highest BCUT2D eigenvalue weighted by Crippen LogP contribution is 2.53. The van der Waals surface area contributed by atoms with Crippen LogP contribution in [0.25, 0.3) is 0 Å². The number of benzene rings is 2. The number of carbonyl (C=O) groups is 2. The molecule has 170 valence electrons. The van der Waals surface area contributed by atoms with Gasteiger partial charge < -0.3 is 15.0 Å². The molecule has 2 heterocycles. The Morgan fingerprint density at radius 2 is 1.81 bits per heavy atom. The molecule has 2 aromatic rings. The van der Waals surface area contributed by atoms with Gasteiger partial charge in [0.05, 0.1) is 5.69 Å². The topological polar surface area (TPSA) is 58.6 Å². The van der Waals surface area contributed by atoms with Gasteiger partial charge in [-0.3, -0.25) is 4.79 Å². The van der Waals surface area contributed by atoms with Gasteiger partial charge in [0.2, 0.25) is 0 Å². The van der Waals surface area contributed by atoms with Crippen LogP contribution in [0, 0.1) is 0 Å². The first-order valence-corrected chi connectivity index (χ1v) is 11.4. The van der Waals surface area contributed by atoms with Gasteiger partial charge in [0, 0.05) is 22.4 Å². The van der Waals surface area contributed by atoms with Gasteiger partial charge in [-0.2, -0.15) is 0 Å². The van der Waals surface area contributed by atoms with Crippen LogP contribution in [0.4, 0.5) is 10.5 Å². The van der Waals surface area contributed by atoms with Crippen molar-refractivity contribution < 1.29 is 14.3 Å². The van der Waals surface area contributed by atoms with Crippen LogP contribution in [-0.4, -0.2) is 29.2 Å². The molecule has 0 aromatic heterocycles. The predicted molar refractivity (Wildman–Crippen MR) is 127 cm³/mol. The molecule has 1 N–H and O–H groups in total. The van der Waals surface area contributed by atoms with Gasteiger partial charge in [-0.1, -0.05) is 48.9 Å². The van der Waals surface area contributed by atoms with Crippen molar-refractivity contribution in [3.63, 3.8) is 0 Å². The number of halogens is 1. The first-order chi connectivity index (χ1) is 14.8. The lowest BCUT2D eigenvalue weighted by molar-refractivity contribution is -0.122. The number of hydrogen-bond acceptors (Lipinski definition) is 3. The number of nitrogens with zero attached hydrogens (tertiary/aromatic N) is 1. The third kappa shape index (κ3) is 3.88. The van der Waals surface area contributed by atoms with Crippen molar-refractivity contribution >= 4 is 29.3 Å². The number of ether oxygens (including phenoxy) is 1. The van der Waals surface area contributed by atoms with Crippen molar-refractivity contribution in [1.29, 1.82) is 0 Å². The van der Waals surface area contributed by atoms with Crippen molar-refractivity contribution in [2.75, 3.05) is 4.90 Å². The average Bonchev–Trinajstić information content (AvgIpc) is 2.66. The second kappa shape index (κ2) is 7.51. The Kier molecular flexibility index (Phi) is 5.32. The van der Waals surface area contributed by atoms with Crippen molar-refractivity contribution in [2.45, 2.75) is 77.0 Å². The fraction of sp³-hybridized carbons (Fsp3) is 0.462. The van der Waals surface area contributed by atoms with Crippen LogP contribution in [0.3, 0.4) is 0 Å². The Labute approximate surface area is 195 Å². The van der Waals surface area contributed by atoms with E-state index in [0.717, 1.165) is 23.2 Å². The summed E-state index contributed by atoms with van der Waals surface area (Å²) >= 11 is 6.58. The summed E-state index contributed by atoms with van der Waals surface area (Å²) < 4.78 is 5.40. The van der Waals surface area contributed by atoms with Crippen molar-refractivity contribution in [3.05, 3.63) is 64.2 Å². The molecular formula is C26H31ClN2O3. The SMILES string of the molecule is CC(C)(C)OC(=O)N[C@@H]1Cc2cc(Cl)cc3c2N(C1=O)C(C)(C)CC3(C)c1ccccc1. The highest BCUT2D eigenvalue weighted by Gasteiger charge is 2.52. The average molecular weight is 455 g/mol. The molecule has 0 bridgehead atoms. The summed E-state index contributed by atoms with van der Waals surface area (Å²) in [7, 11) is 0. The zero-order chi connectivity index (χ0) is 23.5. The number of alkyl carbamates (subject to hydrolysis) is 1. The third-order valence-electron chi connectivity index (χ3n) is 6.41. The number of nitrogens with one attached hydrogen (secondary N) is 1. The summed E-state index contributed by atoms with van der Waals surface area (Å²) in [6, 6.07) is 13.6. The zero-order valence-electron chi connectivity index (χ0n) is 19.6. The highest BCUT2D eigenvalue weighted by atomic mass is 35.5. The lowest BCUT2D eigenvalue weighted by Gasteiger charge is -2.54. The number of rotatable bonds is 2. The lowest BCUT2D eigenvalue weighted by atomic mass is 9.63. The summed E-state index contributed by atoms with van der Waals surface area (Å²) in [5, 5.41) is 3.42. The van der Waals surface area contributed by atoms with Crippen LogP contribution in [0.1, 0.15) is 64.7 Å². The minimum atomic E-state index is -0.705. The Balaban J connectivity index is 1.82. The Bertz CT molecular complexity index is 1070. The molecule has 6 heteroatoms. The molecular weight excluding hydrogens is 424 g/mol. The smallest absolute Gasteiger partial charge is 0.408 e. The Morgan fingerprint density at radius 3 is 2.44 bits per heavy atom. The number of hydrogen-bond donors (Lipinski definition) is 1. The molecule has 4 rings (SSSR count). The second-order valence-corrected chi connectivity index (χ2v) is 11.2. The quantitative estimate of drug-likeness (QED) is 0.641. The van der Waals surface area contributed by atoms with E-state index >= 15 is 0 Å². The molecule has 2 aliphatic heterocycles. The van der Waals surface area contributed by atoms with Crippen LogP contribution in [0.2, 0.25) is 5.02 Å². The van der Waals surface area contributed by atoms with Crippen LogP contribution >= 0.6 is 11.6 Å². The molecule has 2 aromatic carbocycles. The Morgan fingerprint density at radius 1 is 1.16 bits per heavy atom. The van der Waals surface area contributed by atoms with Gasteiger partial charge in [-0.25, -0.2) is 4.79 Å². The van der Waals surface area contributed by atoms with Crippen LogP contribution < -0.4 is 10.2 Å². The maximum absolute atomic E-state index is 13.7. The van der Waals surface area contributed by atoms with Crippen LogP contribution in [0.15, 0.2) is 42.5 Å². The van der Waals surface area contributed by atoms with E-state index in [2.05, 4.69) is 38.2 Å². The summed E-state index contributed by atoms with van der Waals surface area (Å²) in [6.45, 7) is 11.8. The van der Waals surface area contributed by atoms with E-state index < -0.39 is 23.3 Å². The molecule has 1 unspecified atom stereocenters. The lowest BCUT2D eigenvalue weighted by Crippen LogP contribution is -2.63. The van der Waals surface area contributed by atoms with E-state index in [1.165, 1.54) is 5.56 Å². The monoisotopic (exact) mass is 454 g/mol. The fourth-order valence-electron chi connectivity index (χ4n) is 5.34. The molecule has 0 saturated heterocycles. The van der Waals surface area contributed by atoms with E-state index in [4.69, 9.17) is 16.3 Å². The van der Waals surface area contributed by atoms with E-state index in [9.17, 15) is 9.59 Å². The van der Waals surface area contributed by atoms with Crippen LogP contribution in [0.5, 0.6) is 0 Å². The molecule has 5 nitrogen and oxygen atoms in total. The van der Waals surface area contributed by atoms with Gasteiger partial charge in [0.15, 0.2) is 0 Å². The molecule has 32 heavy (non-hydrogen) atoms. The van der Waals surface area contributed by atoms with Gasteiger partial charge in [0.25, 0.3) is 5.91 Å². The maximum Gasteiger partial charge on any atom is 0.408 e. The largest absolute Gasteiger partial charge is 0.444 e. The summed E-state index contributed by atoms with van der Waals surface area (Å²) in [6.07, 6.45) is 0.505. The van der Waals surface area contributed by atoms with Gasteiger partial charge in [-0.15, -0.1) is 0 Å². The van der Waals surface area contributed by atoms with Crippen molar-refractivity contribution in [1.82, 2.24) is 5.32 Å². The first kappa shape index (κ1) is 22.7. The van der Waals surface area contributed by atoms with Crippen molar-refractivity contribution in [3.8, 4) is 0 Å². The second-order valence-electron chi connectivity index (χ2n) is 10.7. The predicted octanol–water partition coefficient (Wildman–Crippen LogP) is 5.61. The molecule has 0 saturated carbocycles. The van der Waals surface area contributed by atoms with Crippen molar-refractivity contribution in [2.24, 2.45) is 0 Å². The molecule has 2 atom stereocenters. The molecule has 0 fully saturated rings. The molecule has 2 amide bonds. The van der Waals surface area contributed by atoms with Crippen LogP contribution in [-0.2, 0) is 21.4 Å². The Hall–Kier alpha value is -2.53. The molecule has 0 radical (unpaired) electrons. The van der Waals surface area contributed by atoms with Gasteiger partial charge >= 0.3 is 6.09 Å². The number of amides is 2. The minimum absolute atomic E-state index is 0.118. The van der Waals surface area contributed by atoms with E-state index in [1.54, 1.807) is 20.8 Å². The molecule has 2 aliphatic rings. The van der Waals surface area contributed by atoms with E-state index in [-0.39, 0.29) is 11.3 Å². The summed E-state index contributed by atoms with van der Waals surface area (Å²) in [5.41, 5.74) is 2.71. The van der Waals surface area contributed by atoms with E-state index in [1.807, 2.05) is 35.2 Å². The third-order valence-corrected chi connectivity index (χ3v) is 6.63. The number of anilines is 1. The standard InChI is InChI=1S/C26H31ClN2O3/c1-24(2,3)32-23(31)28-20-13-16-12-18(27)14-19-21(16)29(22(20)30)25(4,5)15-26(19,6)17-10-8-7-9-11-17/h7-12,14,20H,13,15H2,1-6H3,(H,28,31)/t20-,26?/m1/s1. The maximum atomic E-state index is 13.7.